The van der Waals surface area contributed by atoms with Gasteiger partial charge in [-0.25, -0.2) is 21.6 Å². The molecule has 0 atom stereocenters. The standard InChI is InChI=1S/C18H10F6P.CHF3O3S/c19-13-14(20)16(22)18(17(23)15(13)21)25(24,11-7-3-1-4-8-11)12-9-5-2-6-10-12;2-1(3,4)8(5,6)7/h1-10H;(H,5,6,7)/q+1;/p-1. The van der Waals surface area contributed by atoms with Crippen LogP contribution in [0, 0.1) is 29.1 Å². The van der Waals surface area contributed by atoms with Gasteiger partial charge in [-0.05, 0) is 28.5 Å². The fourth-order valence-corrected chi connectivity index (χ4v) is 5.26. The lowest BCUT2D eigenvalue weighted by Crippen LogP contribution is -2.34. The molecule has 0 radical (unpaired) electrons. The third kappa shape index (κ3) is 5.31. The second kappa shape index (κ2) is 9.70. The van der Waals surface area contributed by atoms with Crippen LogP contribution in [-0.4, -0.2) is 18.5 Å². The highest BCUT2D eigenvalue weighted by atomic mass is 32.2. The molecule has 3 aromatic rings. The zero-order valence-electron chi connectivity index (χ0n) is 15.8. The van der Waals surface area contributed by atoms with Crippen molar-refractivity contribution in [3.63, 3.8) is 0 Å². The van der Waals surface area contributed by atoms with E-state index in [9.17, 15) is 35.1 Å². The maximum atomic E-state index is 16.2. The average molecular weight is 520 g/mol. The van der Waals surface area contributed by atoms with Crippen LogP contribution in [-0.2, 0) is 10.1 Å². The number of halogens is 9. The Morgan fingerprint density at radius 1 is 0.636 bits per heavy atom. The van der Waals surface area contributed by atoms with Crippen molar-refractivity contribution in [1.82, 2.24) is 0 Å². The van der Waals surface area contributed by atoms with Gasteiger partial charge in [-0.2, -0.15) is 22.0 Å². The van der Waals surface area contributed by atoms with E-state index >= 15 is 4.20 Å². The van der Waals surface area contributed by atoms with Crippen LogP contribution in [0.1, 0.15) is 0 Å². The van der Waals surface area contributed by atoms with E-state index in [0.29, 0.717) is 0 Å². The summed E-state index contributed by atoms with van der Waals surface area (Å²) in [6.45, 7) is 0. The summed E-state index contributed by atoms with van der Waals surface area (Å²) in [6.07, 6.45) is 0. The van der Waals surface area contributed by atoms with Gasteiger partial charge in [-0.3, -0.25) is 0 Å². The quantitative estimate of drug-likeness (QED) is 0.127. The molecule has 33 heavy (non-hydrogen) atoms. The van der Waals surface area contributed by atoms with Crippen molar-refractivity contribution in [3.8, 4) is 0 Å². The third-order valence-corrected chi connectivity index (χ3v) is 7.60. The summed E-state index contributed by atoms with van der Waals surface area (Å²) < 4.78 is 144. The third-order valence-electron chi connectivity index (χ3n) is 4.00. The van der Waals surface area contributed by atoms with E-state index in [0.717, 1.165) is 0 Å². The number of rotatable bonds is 3. The molecule has 0 bridgehead atoms. The molecule has 0 aromatic heterocycles. The molecule has 14 heteroatoms. The minimum Gasteiger partial charge on any atom is -0.741 e. The molecule has 0 N–H and O–H groups in total. The first-order valence-electron chi connectivity index (χ1n) is 8.38. The summed E-state index contributed by atoms with van der Waals surface area (Å²) in [4.78, 5) is 0. The predicted molar refractivity (Wildman–Crippen MR) is 102 cm³/mol. The van der Waals surface area contributed by atoms with Gasteiger partial charge in [-0.15, -0.1) is 0 Å². The summed E-state index contributed by atoms with van der Waals surface area (Å²) in [5.74, 6) is -10.9. The van der Waals surface area contributed by atoms with Gasteiger partial charge in [0, 0.05) is 0 Å². The van der Waals surface area contributed by atoms with E-state index in [1.165, 1.54) is 48.5 Å². The van der Waals surface area contributed by atoms with E-state index in [4.69, 9.17) is 13.0 Å². The molecule has 0 fully saturated rings. The maximum Gasteiger partial charge on any atom is 0.485 e. The van der Waals surface area contributed by atoms with Crippen molar-refractivity contribution in [3.05, 3.63) is 89.7 Å². The molecular weight excluding hydrogens is 510 g/mol. The number of alkyl halides is 3. The smallest absolute Gasteiger partial charge is 0.485 e. The molecule has 0 saturated carbocycles. The highest BCUT2D eigenvalue weighted by molar-refractivity contribution is 7.91. The SMILES string of the molecule is Fc1c(F)c(F)c([P+](F)(c2ccccc2)c2ccccc2)c(F)c1F.O=S(=O)([O-])C(F)(F)F. The Balaban J connectivity index is 0.000000414. The largest absolute Gasteiger partial charge is 0.741 e. The molecular formula is C19H10F9O3PS. The van der Waals surface area contributed by atoms with Crippen molar-refractivity contribution in [2.45, 2.75) is 5.51 Å². The summed E-state index contributed by atoms with van der Waals surface area (Å²) in [7, 11) is -10.7. The first kappa shape index (κ1) is 26.6. The highest BCUT2D eigenvalue weighted by Gasteiger charge is 2.54. The molecule has 0 aliphatic heterocycles. The summed E-state index contributed by atoms with van der Waals surface area (Å²) >= 11 is 0. The van der Waals surface area contributed by atoms with E-state index in [1.807, 2.05) is 0 Å². The van der Waals surface area contributed by atoms with Crippen LogP contribution in [0.5, 0.6) is 0 Å². The molecule has 0 heterocycles. The molecule has 178 valence electrons. The van der Waals surface area contributed by atoms with Crippen LogP contribution >= 0.6 is 7.57 Å². The van der Waals surface area contributed by atoms with Gasteiger partial charge in [0.2, 0.25) is 34.4 Å². The van der Waals surface area contributed by atoms with Gasteiger partial charge in [0.05, 0.1) is 0 Å². The predicted octanol–water partition coefficient (Wildman–Crippen LogP) is 4.61. The van der Waals surface area contributed by atoms with Crippen molar-refractivity contribution in [1.29, 1.82) is 0 Å². The Morgan fingerprint density at radius 3 is 1.18 bits per heavy atom. The fourth-order valence-electron chi connectivity index (χ4n) is 2.54. The van der Waals surface area contributed by atoms with Gasteiger partial charge in [0.15, 0.2) is 10.1 Å². The number of benzene rings is 3. The Kier molecular flexibility index (Phi) is 7.82. The van der Waals surface area contributed by atoms with Gasteiger partial charge in [0.25, 0.3) is 0 Å². The second-order valence-electron chi connectivity index (χ2n) is 6.08. The zero-order chi connectivity index (χ0) is 25.2. The molecule has 0 unspecified atom stereocenters. The van der Waals surface area contributed by atoms with Crippen molar-refractivity contribution < 1.29 is 52.3 Å². The zero-order valence-corrected chi connectivity index (χ0v) is 17.5. The molecule has 0 spiro atoms. The van der Waals surface area contributed by atoms with Crippen LogP contribution in [0.15, 0.2) is 60.7 Å². The van der Waals surface area contributed by atoms with Crippen molar-refractivity contribution >= 4 is 33.6 Å². The van der Waals surface area contributed by atoms with Crippen LogP contribution in [0.3, 0.4) is 0 Å². The minimum atomic E-state index is -6.09. The van der Waals surface area contributed by atoms with Crippen molar-refractivity contribution in [2.75, 3.05) is 0 Å². The summed E-state index contributed by atoms with van der Waals surface area (Å²) in [5, 5.41) is -1.73. The highest BCUT2D eigenvalue weighted by Crippen LogP contribution is 2.58. The molecule has 0 amide bonds. The first-order chi connectivity index (χ1) is 15.1. The lowest BCUT2D eigenvalue weighted by atomic mass is 10.3. The lowest BCUT2D eigenvalue weighted by molar-refractivity contribution is -0.0517. The Morgan fingerprint density at radius 2 is 0.909 bits per heavy atom. The summed E-state index contributed by atoms with van der Waals surface area (Å²) in [6, 6.07) is 13.9. The van der Waals surface area contributed by atoms with Gasteiger partial charge >= 0.3 is 13.1 Å². The molecule has 0 aliphatic carbocycles. The van der Waals surface area contributed by atoms with Crippen LogP contribution in [0.2, 0.25) is 0 Å². The molecule has 3 nitrogen and oxygen atoms in total. The maximum absolute atomic E-state index is 16.2. The number of hydrogen-bond donors (Lipinski definition) is 0. The van der Waals surface area contributed by atoms with Gasteiger partial charge in [0.1, 0.15) is 10.6 Å². The minimum absolute atomic E-state index is 0.149. The van der Waals surface area contributed by atoms with Crippen LogP contribution in [0.25, 0.3) is 0 Å². The van der Waals surface area contributed by atoms with E-state index in [1.54, 1.807) is 12.1 Å². The topological polar surface area (TPSA) is 57.2 Å². The number of hydrogen-bond acceptors (Lipinski definition) is 3. The van der Waals surface area contributed by atoms with Gasteiger partial charge < -0.3 is 4.55 Å². The molecule has 0 aliphatic rings. The van der Waals surface area contributed by atoms with Crippen LogP contribution in [0.4, 0.5) is 39.3 Å². The molecule has 3 rings (SSSR count). The second-order valence-corrected chi connectivity index (χ2v) is 10.1. The van der Waals surface area contributed by atoms with Crippen LogP contribution < -0.4 is 15.9 Å². The van der Waals surface area contributed by atoms with E-state index in [-0.39, 0.29) is 10.6 Å². The molecule has 0 saturated heterocycles. The lowest BCUT2D eigenvalue weighted by Gasteiger charge is -2.18. The summed E-state index contributed by atoms with van der Waals surface area (Å²) in [5.41, 5.74) is -5.65. The van der Waals surface area contributed by atoms with E-state index in [2.05, 4.69) is 0 Å². The van der Waals surface area contributed by atoms with Gasteiger partial charge in [-0.1, -0.05) is 36.4 Å². The van der Waals surface area contributed by atoms with Crippen molar-refractivity contribution in [2.24, 2.45) is 0 Å². The monoisotopic (exact) mass is 520 g/mol. The Bertz CT molecular complexity index is 1170. The van der Waals surface area contributed by atoms with E-state index < -0.39 is 57.6 Å². The normalized spacial score (nSPS) is 12.2. The Labute approximate surface area is 181 Å². The first-order valence-corrected chi connectivity index (χ1v) is 11.5. The molecule has 3 aromatic carbocycles. The Hall–Kier alpha value is -2.63. The fraction of sp³-hybridized carbons (Fsp3) is 0.0526. The average Bonchev–Trinajstić information content (AvgIpc) is 2.76.